The third-order valence-electron chi connectivity index (χ3n) is 3.60. The van der Waals surface area contributed by atoms with Crippen molar-refractivity contribution in [3.05, 3.63) is 23.3 Å². The predicted octanol–water partition coefficient (Wildman–Crippen LogP) is 3.19. The number of nitrogens with one attached hydrogen (secondary N) is 1. The van der Waals surface area contributed by atoms with Gasteiger partial charge < -0.3 is 19.3 Å². The smallest absolute Gasteiger partial charge is 0.207 e. The molecule has 1 saturated heterocycles. The van der Waals surface area contributed by atoms with E-state index in [0.29, 0.717) is 13.2 Å². The highest BCUT2D eigenvalue weighted by Gasteiger charge is 2.29. The first-order chi connectivity index (χ1) is 11.3. The SMILES string of the molecule is CC(C)(CC(=O)S)Nc1noc2c(F)c(F)c(C3OCCO3)cc12. The second-order valence-corrected chi connectivity index (χ2v) is 6.65. The van der Waals surface area contributed by atoms with Crippen LogP contribution >= 0.6 is 12.6 Å². The summed E-state index contributed by atoms with van der Waals surface area (Å²) < 4.78 is 43.9. The Bertz CT molecular complexity index is 787. The summed E-state index contributed by atoms with van der Waals surface area (Å²) in [5, 5.41) is 6.66. The summed E-state index contributed by atoms with van der Waals surface area (Å²) in [6.07, 6.45) is -0.866. The molecule has 0 aliphatic carbocycles. The topological polar surface area (TPSA) is 73.6 Å². The monoisotopic (exact) mass is 358 g/mol. The number of thiol groups is 1. The van der Waals surface area contributed by atoms with E-state index in [1.807, 2.05) is 0 Å². The van der Waals surface area contributed by atoms with Crippen LogP contribution in [0.4, 0.5) is 14.6 Å². The first-order valence-corrected chi connectivity index (χ1v) is 7.74. The van der Waals surface area contributed by atoms with Crippen molar-refractivity contribution in [3.8, 4) is 0 Å². The maximum Gasteiger partial charge on any atom is 0.207 e. The van der Waals surface area contributed by atoms with Crippen molar-refractivity contribution < 1.29 is 27.6 Å². The number of carbonyl (C=O) groups excluding carboxylic acids is 1. The molecule has 0 bridgehead atoms. The van der Waals surface area contributed by atoms with Crippen LogP contribution in [0.1, 0.15) is 32.1 Å². The van der Waals surface area contributed by atoms with Crippen LogP contribution in [0, 0.1) is 11.6 Å². The Balaban J connectivity index is 2.02. The molecule has 1 aromatic carbocycles. The highest BCUT2D eigenvalue weighted by atomic mass is 32.1. The number of hydrogen-bond donors (Lipinski definition) is 2. The van der Waals surface area contributed by atoms with Gasteiger partial charge in [0, 0.05) is 17.5 Å². The first-order valence-electron chi connectivity index (χ1n) is 7.29. The Kier molecular flexibility index (Phi) is 4.50. The molecular weight excluding hydrogens is 342 g/mol. The molecule has 9 heteroatoms. The summed E-state index contributed by atoms with van der Waals surface area (Å²) in [6.45, 7) is 4.11. The van der Waals surface area contributed by atoms with E-state index in [1.165, 1.54) is 6.07 Å². The largest absolute Gasteiger partial charge is 0.361 e. The van der Waals surface area contributed by atoms with E-state index in [0.717, 1.165) is 0 Å². The number of aromatic nitrogens is 1. The zero-order valence-electron chi connectivity index (χ0n) is 13.1. The lowest BCUT2D eigenvalue weighted by Gasteiger charge is -2.24. The molecule has 1 aromatic heterocycles. The number of hydrogen-bond acceptors (Lipinski definition) is 6. The molecule has 2 heterocycles. The van der Waals surface area contributed by atoms with Crippen LogP contribution < -0.4 is 5.32 Å². The summed E-state index contributed by atoms with van der Waals surface area (Å²) in [5.74, 6) is -2.06. The number of fused-ring (bicyclic) bond motifs is 1. The average Bonchev–Trinajstić information content (AvgIpc) is 3.11. The second-order valence-electron chi connectivity index (χ2n) is 6.15. The van der Waals surface area contributed by atoms with Gasteiger partial charge in [0.25, 0.3) is 0 Å². The number of ether oxygens (including phenoxy) is 2. The molecule has 1 aliphatic rings. The lowest BCUT2D eigenvalue weighted by atomic mass is 10.0. The van der Waals surface area contributed by atoms with E-state index in [-0.39, 0.29) is 33.9 Å². The Morgan fingerprint density at radius 2 is 2.04 bits per heavy atom. The number of rotatable bonds is 5. The van der Waals surface area contributed by atoms with E-state index in [2.05, 4.69) is 23.1 Å². The maximum absolute atomic E-state index is 14.3. The zero-order chi connectivity index (χ0) is 17.5. The summed E-state index contributed by atoms with van der Waals surface area (Å²) >= 11 is 3.76. The van der Waals surface area contributed by atoms with E-state index in [4.69, 9.17) is 14.0 Å². The molecule has 130 valence electrons. The van der Waals surface area contributed by atoms with Gasteiger partial charge in [0.2, 0.25) is 11.4 Å². The van der Waals surface area contributed by atoms with Gasteiger partial charge in [0.15, 0.2) is 23.0 Å². The fourth-order valence-corrected chi connectivity index (χ4v) is 2.97. The minimum Gasteiger partial charge on any atom is -0.361 e. The Morgan fingerprint density at radius 3 is 2.67 bits per heavy atom. The number of benzene rings is 1. The van der Waals surface area contributed by atoms with Crippen LogP contribution in [0.5, 0.6) is 0 Å². The second kappa shape index (κ2) is 6.30. The molecule has 1 N–H and O–H groups in total. The Labute approximate surface area is 141 Å². The van der Waals surface area contributed by atoms with Gasteiger partial charge in [0.1, 0.15) is 0 Å². The molecular formula is C15H16F2N2O4S. The molecule has 0 atom stereocenters. The predicted molar refractivity (Wildman–Crippen MR) is 84.9 cm³/mol. The number of nitrogens with zero attached hydrogens (tertiary/aromatic N) is 1. The van der Waals surface area contributed by atoms with Crippen LogP contribution in [-0.4, -0.2) is 29.0 Å². The van der Waals surface area contributed by atoms with Gasteiger partial charge >= 0.3 is 0 Å². The fourth-order valence-electron chi connectivity index (χ4n) is 2.58. The van der Waals surface area contributed by atoms with Crippen LogP contribution in [0.3, 0.4) is 0 Å². The number of carbonyl (C=O) groups is 1. The highest BCUT2D eigenvalue weighted by molar-refractivity contribution is 7.96. The average molecular weight is 358 g/mol. The van der Waals surface area contributed by atoms with Crippen molar-refractivity contribution in [2.45, 2.75) is 32.1 Å². The molecule has 3 rings (SSSR count). The van der Waals surface area contributed by atoms with E-state index in [1.54, 1.807) is 13.8 Å². The van der Waals surface area contributed by atoms with Crippen LogP contribution in [0.25, 0.3) is 11.0 Å². The standard InChI is InChI=1S/C15H16F2N2O4S/c1-15(2,6-9(20)24)18-13-8-5-7(14-21-3-4-22-14)10(16)11(17)12(8)23-19-13/h5,14H,3-4,6H2,1-2H3,(H,18,19)(H,20,24). The first kappa shape index (κ1) is 17.1. The summed E-state index contributed by atoms with van der Waals surface area (Å²) in [6, 6.07) is 1.38. The molecule has 6 nitrogen and oxygen atoms in total. The molecule has 1 fully saturated rings. The normalized spacial score (nSPS) is 16.0. The lowest BCUT2D eigenvalue weighted by Crippen LogP contribution is -2.32. The quantitative estimate of drug-likeness (QED) is 0.800. The molecule has 0 spiro atoms. The van der Waals surface area contributed by atoms with Gasteiger partial charge in [-0.3, -0.25) is 4.79 Å². The lowest BCUT2D eigenvalue weighted by molar-refractivity contribution is -0.111. The van der Waals surface area contributed by atoms with Gasteiger partial charge in [-0.15, -0.1) is 12.6 Å². The van der Waals surface area contributed by atoms with Gasteiger partial charge in [-0.1, -0.05) is 5.16 Å². The van der Waals surface area contributed by atoms with Crippen molar-refractivity contribution >= 4 is 34.5 Å². The maximum atomic E-state index is 14.3. The van der Waals surface area contributed by atoms with Crippen molar-refractivity contribution in [1.82, 2.24) is 5.16 Å². The number of halogens is 2. The third kappa shape index (κ3) is 3.24. The van der Waals surface area contributed by atoms with Crippen LogP contribution in [-0.2, 0) is 14.3 Å². The minimum absolute atomic E-state index is 0.0631. The van der Waals surface area contributed by atoms with Crippen molar-refractivity contribution in [3.63, 3.8) is 0 Å². The van der Waals surface area contributed by atoms with Crippen molar-refractivity contribution in [1.29, 1.82) is 0 Å². The minimum atomic E-state index is -1.16. The highest BCUT2D eigenvalue weighted by Crippen LogP contribution is 2.35. The van der Waals surface area contributed by atoms with Crippen molar-refractivity contribution in [2.75, 3.05) is 18.5 Å². The summed E-state index contributed by atoms with van der Waals surface area (Å²) in [7, 11) is 0. The molecule has 2 aromatic rings. The fraction of sp³-hybridized carbons (Fsp3) is 0.467. The molecule has 0 saturated carbocycles. The van der Waals surface area contributed by atoms with E-state index < -0.39 is 23.5 Å². The van der Waals surface area contributed by atoms with Crippen LogP contribution in [0.15, 0.2) is 10.6 Å². The molecule has 0 amide bonds. The summed E-state index contributed by atoms with van der Waals surface area (Å²) in [5.41, 5.74) is -1.08. The van der Waals surface area contributed by atoms with Gasteiger partial charge in [-0.25, -0.2) is 4.39 Å². The van der Waals surface area contributed by atoms with Crippen molar-refractivity contribution in [2.24, 2.45) is 0 Å². The molecule has 24 heavy (non-hydrogen) atoms. The van der Waals surface area contributed by atoms with E-state index >= 15 is 0 Å². The Hall–Kier alpha value is -1.71. The number of anilines is 1. The zero-order valence-corrected chi connectivity index (χ0v) is 14.0. The Morgan fingerprint density at radius 1 is 1.38 bits per heavy atom. The van der Waals surface area contributed by atoms with Gasteiger partial charge in [-0.05, 0) is 19.9 Å². The van der Waals surface area contributed by atoms with Gasteiger partial charge in [0.05, 0.1) is 18.6 Å². The summed E-state index contributed by atoms with van der Waals surface area (Å²) in [4.78, 5) is 11.2. The molecule has 1 aliphatic heterocycles. The van der Waals surface area contributed by atoms with Crippen LogP contribution in [0.2, 0.25) is 0 Å². The van der Waals surface area contributed by atoms with Gasteiger partial charge in [-0.2, -0.15) is 4.39 Å². The molecule has 0 unspecified atom stereocenters. The third-order valence-corrected chi connectivity index (χ3v) is 3.76. The molecule has 0 radical (unpaired) electrons. The van der Waals surface area contributed by atoms with E-state index in [9.17, 15) is 13.6 Å².